The lowest BCUT2D eigenvalue weighted by molar-refractivity contribution is 0.0827. The van der Waals surface area contributed by atoms with Crippen molar-refractivity contribution in [2.45, 2.75) is 6.92 Å². The molecule has 0 aliphatic rings. The van der Waals surface area contributed by atoms with Gasteiger partial charge in [0, 0.05) is 25.2 Å². The van der Waals surface area contributed by atoms with Gasteiger partial charge in [-0.15, -0.1) is 6.42 Å². The number of nitrogens with zero attached hydrogens (tertiary/aromatic N) is 1. The Labute approximate surface area is 84.5 Å². The summed E-state index contributed by atoms with van der Waals surface area (Å²) in [4.78, 5) is 13.1. The van der Waals surface area contributed by atoms with Crippen molar-refractivity contribution < 1.29 is 4.79 Å². The van der Waals surface area contributed by atoms with Gasteiger partial charge in [0.2, 0.25) is 0 Å². The van der Waals surface area contributed by atoms with Crippen LogP contribution < -0.4 is 0 Å². The molecular formula is C12H13NO. The lowest BCUT2D eigenvalue weighted by Gasteiger charge is -2.10. The molecule has 0 aliphatic heterocycles. The van der Waals surface area contributed by atoms with Crippen molar-refractivity contribution in [3.8, 4) is 12.3 Å². The van der Waals surface area contributed by atoms with Gasteiger partial charge >= 0.3 is 0 Å². The molecule has 1 aromatic carbocycles. The lowest BCUT2D eigenvalue weighted by atomic mass is 10.1. The summed E-state index contributed by atoms with van der Waals surface area (Å²) in [5.41, 5.74) is 2.43. The fourth-order valence-corrected chi connectivity index (χ4v) is 1.17. The molecule has 1 rings (SSSR count). The number of carbonyl (C=O) groups is 1. The van der Waals surface area contributed by atoms with E-state index in [1.54, 1.807) is 26.2 Å². The van der Waals surface area contributed by atoms with E-state index in [4.69, 9.17) is 6.42 Å². The molecule has 0 saturated carbocycles. The van der Waals surface area contributed by atoms with Crippen molar-refractivity contribution in [3.63, 3.8) is 0 Å². The average molecular weight is 187 g/mol. The Morgan fingerprint density at radius 1 is 1.43 bits per heavy atom. The molecule has 0 unspecified atom stereocenters. The van der Waals surface area contributed by atoms with Gasteiger partial charge in [-0.25, -0.2) is 0 Å². The van der Waals surface area contributed by atoms with Crippen LogP contribution in [0.5, 0.6) is 0 Å². The van der Waals surface area contributed by atoms with E-state index in [0.29, 0.717) is 5.56 Å². The van der Waals surface area contributed by atoms with Gasteiger partial charge in [-0.05, 0) is 24.6 Å². The first kappa shape index (κ1) is 10.3. The fourth-order valence-electron chi connectivity index (χ4n) is 1.17. The molecule has 0 fully saturated rings. The monoisotopic (exact) mass is 187 g/mol. The minimum Gasteiger partial charge on any atom is -0.345 e. The highest BCUT2D eigenvalue weighted by molar-refractivity contribution is 5.94. The maximum Gasteiger partial charge on any atom is 0.253 e. The molecule has 0 spiro atoms. The number of hydrogen-bond donors (Lipinski definition) is 0. The highest BCUT2D eigenvalue weighted by Crippen LogP contribution is 2.11. The number of terminal acetylenes is 1. The van der Waals surface area contributed by atoms with E-state index < -0.39 is 0 Å². The van der Waals surface area contributed by atoms with Gasteiger partial charge in [-0.1, -0.05) is 12.0 Å². The number of carbonyl (C=O) groups excluding carboxylic acids is 1. The summed E-state index contributed by atoms with van der Waals surface area (Å²) in [5, 5.41) is 0. The number of hydrogen-bond acceptors (Lipinski definition) is 1. The van der Waals surface area contributed by atoms with Crippen LogP contribution >= 0.6 is 0 Å². The van der Waals surface area contributed by atoms with Crippen molar-refractivity contribution in [2.75, 3.05) is 14.1 Å². The topological polar surface area (TPSA) is 20.3 Å². The molecule has 2 heteroatoms. The molecule has 0 heterocycles. The minimum atomic E-state index is -0.0264. The number of rotatable bonds is 1. The molecule has 0 radical (unpaired) electrons. The smallest absolute Gasteiger partial charge is 0.253 e. The van der Waals surface area contributed by atoms with Gasteiger partial charge in [0.05, 0.1) is 0 Å². The van der Waals surface area contributed by atoms with Crippen molar-refractivity contribution in [2.24, 2.45) is 0 Å². The molecular weight excluding hydrogens is 174 g/mol. The zero-order chi connectivity index (χ0) is 10.7. The molecule has 0 N–H and O–H groups in total. The van der Waals surface area contributed by atoms with Crippen molar-refractivity contribution in [3.05, 3.63) is 34.9 Å². The third kappa shape index (κ3) is 1.94. The number of aryl methyl sites for hydroxylation is 1. The van der Waals surface area contributed by atoms with Crippen molar-refractivity contribution in [1.82, 2.24) is 4.90 Å². The fraction of sp³-hybridized carbons (Fsp3) is 0.250. The van der Waals surface area contributed by atoms with Crippen LogP contribution in [0.1, 0.15) is 21.5 Å². The largest absolute Gasteiger partial charge is 0.345 e. The zero-order valence-corrected chi connectivity index (χ0v) is 8.66. The normalized spacial score (nSPS) is 9.29. The predicted molar refractivity (Wildman–Crippen MR) is 57.1 cm³/mol. The Hall–Kier alpha value is -1.75. The first-order valence-electron chi connectivity index (χ1n) is 4.35. The molecule has 1 aromatic rings. The summed E-state index contributed by atoms with van der Waals surface area (Å²) in [6, 6.07) is 5.40. The van der Waals surface area contributed by atoms with Gasteiger partial charge in [-0.2, -0.15) is 0 Å². The summed E-state index contributed by atoms with van der Waals surface area (Å²) in [7, 11) is 3.44. The highest BCUT2D eigenvalue weighted by atomic mass is 16.2. The Morgan fingerprint density at radius 2 is 2.07 bits per heavy atom. The molecule has 0 saturated heterocycles. The standard InChI is InChI=1S/C12H13NO/c1-5-10-8-11(7-6-9(10)2)12(14)13(3)4/h1,6-8H,2-4H3. The molecule has 0 bridgehead atoms. The van der Waals surface area contributed by atoms with Crippen LogP contribution in [0, 0.1) is 19.3 Å². The summed E-state index contributed by atoms with van der Waals surface area (Å²) in [6.07, 6.45) is 5.32. The molecule has 2 nitrogen and oxygen atoms in total. The third-order valence-corrected chi connectivity index (χ3v) is 2.05. The van der Waals surface area contributed by atoms with Crippen LogP contribution in [-0.4, -0.2) is 24.9 Å². The lowest BCUT2D eigenvalue weighted by Crippen LogP contribution is -2.21. The van der Waals surface area contributed by atoms with Crippen LogP contribution in [-0.2, 0) is 0 Å². The molecule has 1 amide bonds. The number of amides is 1. The van der Waals surface area contributed by atoms with E-state index in [1.165, 1.54) is 4.90 Å². The molecule has 14 heavy (non-hydrogen) atoms. The first-order valence-corrected chi connectivity index (χ1v) is 4.35. The van der Waals surface area contributed by atoms with Crippen LogP contribution in [0.3, 0.4) is 0 Å². The molecule has 0 aromatic heterocycles. The summed E-state index contributed by atoms with van der Waals surface area (Å²) in [6.45, 7) is 1.93. The summed E-state index contributed by atoms with van der Waals surface area (Å²) in [5.74, 6) is 2.53. The summed E-state index contributed by atoms with van der Waals surface area (Å²) < 4.78 is 0. The van der Waals surface area contributed by atoms with Gasteiger partial charge in [0.15, 0.2) is 0 Å². The van der Waals surface area contributed by atoms with E-state index in [0.717, 1.165) is 11.1 Å². The highest BCUT2D eigenvalue weighted by Gasteiger charge is 2.08. The Kier molecular flexibility index (Phi) is 2.93. The number of benzene rings is 1. The van der Waals surface area contributed by atoms with E-state index in [-0.39, 0.29) is 5.91 Å². The van der Waals surface area contributed by atoms with E-state index in [2.05, 4.69) is 5.92 Å². The SMILES string of the molecule is C#Cc1cc(C(=O)N(C)C)ccc1C. The summed E-state index contributed by atoms with van der Waals surface area (Å²) >= 11 is 0. The second-order valence-electron chi connectivity index (χ2n) is 3.37. The average Bonchev–Trinajstić information content (AvgIpc) is 2.17. The second-order valence-corrected chi connectivity index (χ2v) is 3.37. The van der Waals surface area contributed by atoms with E-state index in [1.807, 2.05) is 13.0 Å². The molecule has 72 valence electrons. The third-order valence-electron chi connectivity index (χ3n) is 2.05. The molecule has 0 atom stereocenters. The Balaban J connectivity index is 3.15. The van der Waals surface area contributed by atoms with Gasteiger partial charge < -0.3 is 4.90 Å². The van der Waals surface area contributed by atoms with Gasteiger partial charge in [0.1, 0.15) is 0 Å². The van der Waals surface area contributed by atoms with Crippen LogP contribution in [0.25, 0.3) is 0 Å². The Morgan fingerprint density at radius 3 is 2.57 bits per heavy atom. The predicted octanol–water partition coefficient (Wildman–Crippen LogP) is 1.68. The van der Waals surface area contributed by atoms with Crippen LogP contribution in [0.2, 0.25) is 0 Å². The first-order chi connectivity index (χ1) is 6.56. The van der Waals surface area contributed by atoms with Crippen LogP contribution in [0.4, 0.5) is 0 Å². The van der Waals surface area contributed by atoms with Crippen molar-refractivity contribution >= 4 is 5.91 Å². The van der Waals surface area contributed by atoms with E-state index >= 15 is 0 Å². The van der Waals surface area contributed by atoms with E-state index in [9.17, 15) is 4.79 Å². The second kappa shape index (κ2) is 3.97. The van der Waals surface area contributed by atoms with Crippen LogP contribution in [0.15, 0.2) is 18.2 Å². The van der Waals surface area contributed by atoms with Gasteiger partial charge in [-0.3, -0.25) is 4.79 Å². The van der Waals surface area contributed by atoms with Gasteiger partial charge in [0.25, 0.3) is 5.91 Å². The Bertz CT molecular complexity index is 399. The maximum atomic E-state index is 11.6. The minimum absolute atomic E-state index is 0.0264. The molecule has 0 aliphatic carbocycles. The zero-order valence-electron chi connectivity index (χ0n) is 8.66. The van der Waals surface area contributed by atoms with Crippen molar-refractivity contribution in [1.29, 1.82) is 0 Å². The quantitative estimate of drug-likeness (QED) is 0.612. The maximum absolute atomic E-state index is 11.6.